The van der Waals surface area contributed by atoms with Gasteiger partial charge in [0.2, 0.25) is 0 Å². The van der Waals surface area contributed by atoms with E-state index in [0.29, 0.717) is 0 Å². The van der Waals surface area contributed by atoms with Crippen LogP contribution in [0.3, 0.4) is 0 Å². The highest BCUT2D eigenvalue weighted by atomic mass is 15.1. The van der Waals surface area contributed by atoms with Crippen LogP contribution in [0.2, 0.25) is 0 Å². The first kappa shape index (κ1) is 27.8. The lowest BCUT2D eigenvalue weighted by atomic mass is 10.1. The van der Waals surface area contributed by atoms with Gasteiger partial charge in [-0.1, -0.05) is 38.5 Å². The Labute approximate surface area is 178 Å². The smallest absolute Gasteiger partial charge is 0.00218 e. The molecule has 4 heteroatoms. The molecule has 0 spiro atoms. The van der Waals surface area contributed by atoms with Crippen molar-refractivity contribution in [2.24, 2.45) is 0 Å². The zero-order valence-corrected chi connectivity index (χ0v) is 20.5. The zero-order chi connectivity index (χ0) is 21.0. The van der Waals surface area contributed by atoms with E-state index in [1.807, 2.05) is 0 Å². The van der Waals surface area contributed by atoms with E-state index in [-0.39, 0.29) is 0 Å². The topological polar surface area (TPSA) is 13.0 Å². The second-order valence-electron chi connectivity index (χ2n) is 9.46. The van der Waals surface area contributed by atoms with Crippen LogP contribution >= 0.6 is 0 Å². The molecule has 0 radical (unpaired) electrons. The van der Waals surface area contributed by atoms with E-state index in [4.69, 9.17) is 0 Å². The maximum atomic E-state index is 2.54. The molecule has 0 aliphatic heterocycles. The monoisotopic (exact) mass is 398 g/mol. The fraction of sp³-hybridized carbons (Fsp3) is 1.00. The van der Waals surface area contributed by atoms with Crippen molar-refractivity contribution in [3.63, 3.8) is 0 Å². The summed E-state index contributed by atoms with van der Waals surface area (Å²) in [5, 5.41) is 0. The van der Waals surface area contributed by atoms with Crippen molar-refractivity contribution in [2.45, 2.75) is 77.0 Å². The number of unbranched alkanes of at least 4 members (excludes halogenated alkanes) is 9. The van der Waals surface area contributed by atoms with Crippen LogP contribution in [0.4, 0.5) is 0 Å². The van der Waals surface area contributed by atoms with Crippen LogP contribution in [0, 0.1) is 0 Å². The molecule has 0 aromatic heterocycles. The quantitative estimate of drug-likeness (QED) is 0.261. The molecular formula is C24H54N4. The van der Waals surface area contributed by atoms with Crippen molar-refractivity contribution in [3.8, 4) is 0 Å². The van der Waals surface area contributed by atoms with Gasteiger partial charge in [0.25, 0.3) is 0 Å². The van der Waals surface area contributed by atoms with Gasteiger partial charge < -0.3 is 19.6 Å². The van der Waals surface area contributed by atoms with Gasteiger partial charge in [0.15, 0.2) is 0 Å². The average Bonchev–Trinajstić information content (AvgIpc) is 2.63. The van der Waals surface area contributed by atoms with Gasteiger partial charge in [-0.3, -0.25) is 0 Å². The first-order chi connectivity index (χ1) is 13.4. The highest BCUT2D eigenvalue weighted by molar-refractivity contribution is 4.57. The maximum absolute atomic E-state index is 2.54. The lowest BCUT2D eigenvalue weighted by molar-refractivity contribution is 0.299. The molecule has 0 bridgehead atoms. The minimum Gasteiger partial charge on any atom is -0.309 e. The fourth-order valence-electron chi connectivity index (χ4n) is 3.67. The van der Waals surface area contributed by atoms with E-state index >= 15 is 0 Å². The van der Waals surface area contributed by atoms with Gasteiger partial charge >= 0.3 is 0 Å². The van der Waals surface area contributed by atoms with Crippen molar-refractivity contribution in [3.05, 3.63) is 0 Å². The molecule has 0 atom stereocenters. The minimum absolute atomic E-state index is 1.24. The number of hydrogen-bond acceptors (Lipinski definition) is 4. The molecule has 0 unspecified atom stereocenters. The van der Waals surface area contributed by atoms with Gasteiger partial charge in [-0.05, 0) is 120 Å². The molecule has 0 aliphatic carbocycles. The summed E-state index contributed by atoms with van der Waals surface area (Å²) in [7, 11) is 13.3. The predicted octanol–water partition coefficient (Wildman–Crippen LogP) is 4.65. The molecule has 0 fully saturated rings. The third-order valence-corrected chi connectivity index (χ3v) is 5.62. The molecule has 0 aromatic carbocycles. The first-order valence-corrected chi connectivity index (χ1v) is 12.1. The molecule has 4 nitrogen and oxygen atoms in total. The van der Waals surface area contributed by atoms with Crippen LogP contribution in [-0.2, 0) is 0 Å². The van der Waals surface area contributed by atoms with Gasteiger partial charge in [-0.2, -0.15) is 0 Å². The summed E-state index contributed by atoms with van der Waals surface area (Å²) >= 11 is 0. The fourth-order valence-corrected chi connectivity index (χ4v) is 3.67. The van der Waals surface area contributed by atoms with Crippen molar-refractivity contribution in [1.82, 2.24) is 19.6 Å². The Kier molecular flexibility index (Phi) is 20.0. The molecule has 0 N–H and O–H groups in total. The Bertz CT molecular complexity index is 277. The van der Waals surface area contributed by atoms with Gasteiger partial charge in [-0.25, -0.2) is 0 Å². The molecule has 0 aliphatic rings. The molecule has 28 heavy (non-hydrogen) atoms. The summed E-state index contributed by atoms with van der Waals surface area (Å²) in [6.07, 6.45) is 16.5. The molecule has 0 heterocycles. The second kappa shape index (κ2) is 20.1. The summed E-state index contributed by atoms with van der Waals surface area (Å²) in [6, 6.07) is 0. The van der Waals surface area contributed by atoms with Crippen molar-refractivity contribution in [1.29, 1.82) is 0 Å². The van der Waals surface area contributed by atoms with Gasteiger partial charge in [-0.15, -0.1) is 0 Å². The van der Waals surface area contributed by atoms with Crippen LogP contribution in [0.5, 0.6) is 0 Å². The van der Waals surface area contributed by atoms with Crippen LogP contribution in [0.1, 0.15) is 77.0 Å². The maximum Gasteiger partial charge on any atom is -0.00218 e. The second-order valence-corrected chi connectivity index (χ2v) is 9.46. The van der Waals surface area contributed by atoms with Crippen LogP contribution in [0.15, 0.2) is 0 Å². The van der Waals surface area contributed by atoms with E-state index in [1.165, 1.54) is 116 Å². The molecule has 0 saturated carbocycles. The van der Waals surface area contributed by atoms with Gasteiger partial charge in [0.1, 0.15) is 0 Å². The largest absolute Gasteiger partial charge is 0.309 e. The van der Waals surface area contributed by atoms with Crippen molar-refractivity contribution >= 4 is 0 Å². The van der Waals surface area contributed by atoms with Gasteiger partial charge in [0.05, 0.1) is 0 Å². The normalized spacial score (nSPS) is 12.2. The third-order valence-electron chi connectivity index (χ3n) is 5.62. The Morgan fingerprint density at radius 3 is 0.714 bits per heavy atom. The Hall–Kier alpha value is -0.160. The minimum atomic E-state index is 1.24. The number of hydrogen-bond donors (Lipinski definition) is 0. The zero-order valence-electron chi connectivity index (χ0n) is 20.5. The molecule has 170 valence electrons. The summed E-state index contributed by atoms with van der Waals surface area (Å²) in [6.45, 7) is 7.59. The van der Waals surface area contributed by atoms with E-state index in [0.717, 1.165) is 0 Å². The number of rotatable bonds is 21. The summed E-state index contributed by atoms with van der Waals surface area (Å²) in [5.41, 5.74) is 0. The van der Waals surface area contributed by atoms with Crippen molar-refractivity contribution in [2.75, 3.05) is 81.6 Å². The third kappa shape index (κ3) is 22.1. The van der Waals surface area contributed by atoms with Crippen molar-refractivity contribution < 1.29 is 0 Å². The van der Waals surface area contributed by atoms with E-state index in [9.17, 15) is 0 Å². The van der Waals surface area contributed by atoms with Crippen LogP contribution < -0.4 is 0 Å². The lowest BCUT2D eigenvalue weighted by Crippen LogP contribution is -2.22. The van der Waals surface area contributed by atoms with Crippen LogP contribution in [0.25, 0.3) is 0 Å². The Morgan fingerprint density at radius 1 is 0.286 bits per heavy atom. The molecule has 0 amide bonds. The summed E-state index contributed by atoms with van der Waals surface area (Å²) in [5.74, 6) is 0. The standard InChI is InChI=1S/C24H54N4/c1-25(2)19-13-7-9-15-21-27(5)23-17-11-12-18-24-28(6)22-16-10-8-14-20-26(3)4/h7-24H2,1-6H3. The molecule has 0 aromatic rings. The predicted molar refractivity (Wildman–Crippen MR) is 128 cm³/mol. The number of nitrogens with zero attached hydrogens (tertiary/aromatic N) is 4. The van der Waals surface area contributed by atoms with E-state index in [1.54, 1.807) is 0 Å². The summed E-state index contributed by atoms with van der Waals surface area (Å²) in [4.78, 5) is 9.65. The van der Waals surface area contributed by atoms with E-state index in [2.05, 4.69) is 61.9 Å². The molecule has 0 rings (SSSR count). The Morgan fingerprint density at radius 2 is 0.500 bits per heavy atom. The summed E-state index contributed by atoms with van der Waals surface area (Å²) < 4.78 is 0. The Balaban J connectivity index is 3.30. The first-order valence-electron chi connectivity index (χ1n) is 12.1. The highest BCUT2D eigenvalue weighted by Crippen LogP contribution is 2.06. The van der Waals surface area contributed by atoms with Crippen LogP contribution in [-0.4, -0.2) is 101 Å². The molecular weight excluding hydrogens is 344 g/mol. The average molecular weight is 399 g/mol. The highest BCUT2D eigenvalue weighted by Gasteiger charge is 2.01. The molecule has 0 saturated heterocycles. The SMILES string of the molecule is CN(C)CCCCCCN(C)CCCCCCN(C)CCCCCCN(C)C. The van der Waals surface area contributed by atoms with E-state index < -0.39 is 0 Å². The lowest BCUT2D eigenvalue weighted by Gasteiger charge is -2.18. The van der Waals surface area contributed by atoms with Gasteiger partial charge in [0, 0.05) is 0 Å².